The summed E-state index contributed by atoms with van der Waals surface area (Å²) in [6, 6.07) is 4.89. The van der Waals surface area contributed by atoms with Crippen LogP contribution < -0.4 is 11.1 Å². The SMILES string of the molecule is CCOC(=O)CCNc1cccc(C(N)=O)n1. The van der Waals surface area contributed by atoms with Crippen molar-refractivity contribution >= 4 is 17.7 Å². The van der Waals surface area contributed by atoms with E-state index in [0.717, 1.165) is 0 Å². The molecule has 0 fully saturated rings. The van der Waals surface area contributed by atoms with Gasteiger partial charge in [0, 0.05) is 6.54 Å². The third-order valence-corrected chi connectivity index (χ3v) is 1.94. The maximum atomic E-state index is 11.1. The predicted molar refractivity (Wildman–Crippen MR) is 62.5 cm³/mol. The molecule has 1 rings (SSSR count). The second-order valence-corrected chi connectivity index (χ2v) is 3.25. The molecule has 1 aromatic heterocycles. The fourth-order valence-corrected chi connectivity index (χ4v) is 1.20. The number of carbonyl (C=O) groups excluding carboxylic acids is 2. The molecule has 0 aliphatic carbocycles. The summed E-state index contributed by atoms with van der Waals surface area (Å²) in [7, 11) is 0. The van der Waals surface area contributed by atoms with E-state index in [4.69, 9.17) is 10.5 Å². The van der Waals surface area contributed by atoms with Gasteiger partial charge in [0.2, 0.25) is 0 Å². The summed E-state index contributed by atoms with van der Waals surface area (Å²) in [4.78, 5) is 25.9. The number of rotatable bonds is 6. The Bertz CT molecular complexity index is 407. The van der Waals surface area contributed by atoms with Gasteiger partial charge in [0.05, 0.1) is 13.0 Å². The first-order valence-electron chi connectivity index (χ1n) is 5.30. The Hall–Kier alpha value is -2.11. The number of aromatic nitrogens is 1. The third kappa shape index (κ3) is 4.50. The van der Waals surface area contributed by atoms with E-state index in [-0.39, 0.29) is 18.1 Å². The number of ether oxygens (including phenoxy) is 1. The lowest BCUT2D eigenvalue weighted by Crippen LogP contribution is -2.15. The van der Waals surface area contributed by atoms with Crippen LogP contribution in [-0.4, -0.2) is 30.0 Å². The highest BCUT2D eigenvalue weighted by molar-refractivity contribution is 5.91. The van der Waals surface area contributed by atoms with Gasteiger partial charge in [-0.25, -0.2) is 4.98 Å². The van der Waals surface area contributed by atoms with Gasteiger partial charge >= 0.3 is 5.97 Å². The van der Waals surface area contributed by atoms with Gasteiger partial charge in [0.15, 0.2) is 0 Å². The number of hydrogen-bond acceptors (Lipinski definition) is 5. The van der Waals surface area contributed by atoms with E-state index in [2.05, 4.69) is 10.3 Å². The van der Waals surface area contributed by atoms with Crippen molar-refractivity contribution in [1.29, 1.82) is 0 Å². The number of hydrogen-bond donors (Lipinski definition) is 2. The molecule has 0 saturated heterocycles. The second-order valence-electron chi connectivity index (χ2n) is 3.25. The highest BCUT2D eigenvalue weighted by atomic mass is 16.5. The Morgan fingerprint density at radius 3 is 2.88 bits per heavy atom. The lowest BCUT2D eigenvalue weighted by Gasteiger charge is -2.05. The van der Waals surface area contributed by atoms with Gasteiger partial charge in [-0.05, 0) is 19.1 Å². The Kier molecular flexibility index (Phi) is 4.93. The predicted octanol–water partition coefficient (Wildman–Crippen LogP) is 0.546. The molecule has 1 aromatic rings. The molecule has 0 saturated carbocycles. The van der Waals surface area contributed by atoms with Gasteiger partial charge in [-0.1, -0.05) is 6.07 Å². The highest BCUT2D eigenvalue weighted by Gasteiger charge is 2.04. The molecule has 0 atom stereocenters. The van der Waals surface area contributed by atoms with E-state index in [9.17, 15) is 9.59 Å². The van der Waals surface area contributed by atoms with Crippen molar-refractivity contribution in [2.75, 3.05) is 18.5 Å². The third-order valence-electron chi connectivity index (χ3n) is 1.94. The average Bonchev–Trinajstić information content (AvgIpc) is 2.30. The van der Waals surface area contributed by atoms with E-state index in [1.165, 1.54) is 6.07 Å². The number of primary amides is 1. The molecule has 1 heterocycles. The summed E-state index contributed by atoms with van der Waals surface area (Å²) >= 11 is 0. The number of nitrogens with one attached hydrogen (secondary N) is 1. The maximum absolute atomic E-state index is 11.1. The first-order valence-corrected chi connectivity index (χ1v) is 5.30. The van der Waals surface area contributed by atoms with Gasteiger partial charge in [0.1, 0.15) is 11.5 Å². The van der Waals surface area contributed by atoms with Crippen LogP contribution in [0.15, 0.2) is 18.2 Å². The summed E-state index contributed by atoms with van der Waals surface area (Å²) in [6.07, 6.45) is 0.246. The molecule has 3 N–H and O–H groups in total. The molecule has 0 bridgehead atoms. The van der Waals surface area contributed by atoms with Crippen molar-refractivity contribution in [1.82, 2.24) is 4.98 Å². The summed E-state index contributed by atoms with van der Waals surface area (Å²) in [5, 5.41) is 2.91. The van der Waals surface area contributed by atoms with Crippen LogP contribution in [0, 0.1) is 0 Å². The van der Waals surface area contributed by atoms with Crippen molar-refractivity contribution in [3.05, 3.63) is 23.9 Å². The van der Waals surface area contributed by atoms with Crippen LogP contribution in [0.1, 0.15) is 23.8 Å². The molecule has 0 unspecified atom stereocenters. The summed E-state index contributed by atoms with van der Waals surface area (Å²) < 4.78 is 4.77. The fraction of sp³-hybridized carbons (Fsp3) is 0.364. The van der Waals surface area contributed by atoms with Crippen LogP contribution in [0.4, 0.5) is 5.82 Å². The van der Waals surface area contributed by atoms with Gasteiger partial charge in [-0.2, -0.15) is 0 Å². The Labute approximate surface area is 99.2 Å². The monoisotopic (exact) mass is 237 g/mol. The number of anilines is 1. The number of esters is 1. The van der Waals surface area contributed by atoms with Gasteiger partial charge < -0.3 is 15.8 Å². The number of nitrogens with two attached hydrogens (primary N) is 1. The molecule has 6 nitrogen and oxygen atoms in total. The van der Waals surface area contributed by atoms with E-state index in [1.54, 1.807) is 19.1 Å². The molecule has 0 radical (unpaired) electrons. The number of pyridine rings is 1. The minimum atomic E-state index is -0.584. The smallest absolute Gasteiger partial charge is 0.307 e. The average molecular weight is 237 g/mol. The molecule has 0 spiro atoms. The fourth-order valence-electron chi connectivity index (χ4n) is 1.20. The summed E-state index contributed by atoms with van der Waals surface area (Å²) in [6.45, 7) is 2.52. The summed E-state index contributed by atoms with van der Waals surface area (Å²) in [5.41, 5.74) is 5.28. The lowest BCUT2D eigenvalue weighted by atomic mass is 10.3. The van der Waals surface area contributed by atoms with E-state index >= 15 is 0 Å². The Morgan fingerprint density at radius 1 is 1.47 bits per heavy atom. The van der Waals surface area contributed by atoms with Crippen molar-refractivity contribution in [3.63, 3.8) is 0 Å². The van der Waals surface area contributed by atoms with Crippen LogP contribution in [0.3, 0.4) is 0 Å². The quantitative estimate of drug-likeness (QED) is 0.704. The molecular formula is C11H15N3O3. The van der Waals surface area contributed by atoms with Crippen LogP contribution in [0.2, 0.25) is 0 Å². The van der Waals surface area contributed by atoms with Crippen molar-refractivity contribution in [2.45, 2.75) is 13.3 Å². The van der Waals surface area contributed by atoms with Crippen molar-refractivity contribution < 1.29 is 14.3 Å². The molecule has 17 heavy (non-hydrogen) atoms. The molecule has 0 aliphatic rings. The van der Waals surface area contributed by atoms with Crippen molar-refractivity contribution in [3.8, 4) is 0 Å². The molecule has 92 valence electrons. The molecule has 1 amide bonds. The zero-order valence-electron chi connectivity index (χ0n) is 9.60. The van der Waals surface area contributed by atoms with Crippen LogP contribution in [0.5, 0.6) is 0 Å². The summed E-state index contributed by atoms with van der Waals surface area (Å²) in [5.74, 6) is -0.351. The first-order chi connectivity index (χ1) is 8.13. The molecule has 6 heteroatoms. The largest absolute Gasteiger partial charge is 0.466 e. The molecular weight excluding hydrogens is 222 g/mol. The molecule has 0 aromatic carbocycles. The van der Waals surface area contributed by atoms with E-state index in [1.807, 2.05) is 0 Å². The zero-order valence-corrected chi connectivity index (χ0v) is 9.60. The minimum Gasteiger partial charge on any atom is -0.466 e. The van der Waals surface area contributed by atoms with Gasteiger partial charge in [-0.15, -0.1) is 0 Å². The maximum Gasteiger partial charge on any atom is 0.307 e. The van der Waals surface area contributed by atoms with Crippen LogP contribution >= 0.6 is 0 Å². The topological polar surface area (TPSA) is 94.3 Å². The van der Waals surface area contributed by atoms with E-state index in [0.29, 0.717) is 19.0 Å². The van der Waals surface area contributed by atoms with Gasteiger partial charge in [-0.3, -0.25) is 9.59 Å². The van der Waals surface area contributed by atoms with E-state index < -0.39 is 5.91 Å². The minimum absolute atomic E-state index is 0.186. The number of carbonyl (C=O) groups is 2. The lowest BCUT2D eigenvalue weighted by molar-refractivity contribution is -0.142. The zero-order chi connectivity index (χ0) is 12.7. The standard InChI is InChI=1S/C11H15N3O3/c1-2-17-10(15)6-7-13-9-5-3-4-8(14-9)11(12)16/h3-5H,2,6-7H2,1H3,(H2,12,16)(H,13,14). The van der Waals surface area contributed by atoms with Gasteiger partial charge in [0.25, 0.3) is 5.91 Å². The normalized spacial score (nSPS) is 9.71. The van der Waals surface area contributed by atoms with Crippen molar-refractivity contribution in [2.24, 2.45) is 5.73 Å². The Morgan fingerprint density at radius 2 is 2.24 bits per heavy atom. The number of amides is 1. The Balaban J connectivity index is 2.44. The highest BCUT2D eigenvalue weighted by Crippen LogP contribution is 2.04. The number of nitrogens with zero attached hydrogens (tertiary/aromatic N) is 1. The van der Waals surface area contributed by atoms with Crippen LogP contribution in [0.25, 0.3) is 0 Å². The second kappa shape index (κ2) is 6.47. The molecule has 0 aliphatic heterocycles. The van der Waals surface area contributed by atoms with Crippen LogP contribution in [-0.2, 0) is 9.53 Å². The first kappa shape index (κ1) is 13.0.